The van der Waals surface area contributed by atoms with E-state index in [-0.39, 0.29) is 42.5 Å². The van der Waals surface area contributed by atoms with Gasteiger partial charge in [0.15, 0.2) is 0 Å². The number of rotatable bonds is 9. The van der Waals surface area contributed by atoms with Crippen molar-refractivity contribution in [1.29, 1.82) is 0 Å². The summed E-state index contributed by atoms with van der Waals surface area (Å²) in [6.45, 7) is 8.07. The number of nitrogens with one attached hydrogen (secondary N) is 3. The molecule has 1 fully saturated rings. The molecule has 0 saturated carbocycles. The molecule has 3 N–H and O–H groups in total. The van der Waals surface area contributed by atoms with E-state index in [1.54, 1.807) is 24.4 Å². The Balaban J connectivity index is 1.66. The van der Waals surface area contributed by atoms with Crippen molar-refractivity contribution in [3.05, 3.63) is 71.9 Å². The first-order valence-electron chi connectivity index (χ1n) is 15.8. The van der Waals surface area contributed by atoms with E-state index in [2.05, 4.69) is 16.0 Å². The number of amides is 4. The van der Waals surface area contributed by atoms with Crippen LogP contribution in [0.2, 0.25) is 0 Å². The summed E-state index contributed by atoms with van der Waals surface area (Å²) < 4.78 is 6.33. The fraction of sp³-hybridized carbons (Fsp3) is 0.486. The third-order valence-electron chi connectivity index (χ3n) is 8.72. The highest BCUT2D eigenvalue weighted by Gasteiger charge is 2.47. The standard InChI is InChI=1S/C35H47N5O5/c1-7-23(4)30(39(5)6)33(42)38-29(22(2)3)35(44)40-20-18-28-31(40)34(43)37-27(21-25-11-9-8-10-12-25)32(41)36-19-17-24-13-15-26(45-28)16-14-24/h8-17,19,22-23,27-31H,7,18,20-21H2,1-6H3,(H,36,41)(H,37,43)(H,38,42)/b19-17-/t23-,27-,28-,29-,30-,31-/m0/s1. The van der Waals surface area contributed by atoms with E-state index in [1.165, 1.54) is 4.90 Å². The molecule has 2 aromatic rings. The van der Waals surface area contributed by atoms with E-state index >= 15 is 0 Å². The van der Waals surface area contributed by atoms with Crippen molar-refractivity contribution in [3.8, 4) is 5.75 Å². The van der Waals surface area contributed by atoms with E-state index < -0.39 is 36.2 Å². The number of nitrogens with zero attached hydrogens (tertiary/aromatic N) is 2. The van der Waals surface area contributed by atoms with Gasteiger partial charge in [-0.3, -0.25) is 24.1 Å². The van der Waals surface area contributed by atoms with Crippen molar-refractivity contribution < 1.29 is 23.9 Å². The Kier molecular flexibility index (Phi) is 11.4. The molecule has 3 aliphatic rings. The van der Waals surface area contributed by atoms with Crippen LogP contribution in [0.3, 0.4) is 0 Å². The van der Waals surface area contributed by atoms with Gasteiger partial charge in [0.2, 0.25) is 23.6 Å². The van der Waals surface area contributed by atoms with Gasteiger partial charge in [0.1, 0.15) is 30.0 Å². The number of carbonyl (C=O) groups excluding carboxylic acids is 4. The van der Waals surface area contributed by atoms with Crippen LogP contribution in [0.25, 0.3) is 6.08 Å². The molecular weight excluding hydrogens is 570 g/mol. The lowest BCUT2D eigenvalue weighted by molar-refractivity contribution is -0.145. The molecule has 10 heteroatoms. The van der Waals surface area contributed by atoms with Gasteiger partial charge in [-0.05, 0) is 55.3 Å². The highest BCUT2D eigenvalue weighted by molar-refractivity contribution is 5.96. The Hall–Kier alpha value is -4.18. The minimum absolute atomic E-state index is 0.0757. The third-order valence-corrected chi connectivity index (χ3v) is 8.72. The van der Waals surface area contributed by atoms with E-state index in [9.17, 15) is 19.2 Å². The average Bonchev–Trinajstić information content (AvgIpc) is 3.43. The predicted octanol–water partition coefficient (Wildman–Crippen LogP) is 2.98. The maximum atomic E-state index is 14.3. The van der Waals surface area contributed by atoms with Crippen molar-refractivity contribution in [1.82, 2.24) is 25.8 Å². The molecule has 45 heavy (non-hydrogen) atoms. The Morgan fingerprint density at radius 1 is 1.02 bits per heavy atom. The van der Waals surface area contributed by atoms with Gasteiger partial charge < -0.3 is 25.6 Å². The summed E-state index contributed by atoms with van der Waals surface area (Å²) in [6.07, 6.45) is 4.15. The number of hydrogen-bond acceptors (Lipinski definition) is 6. The first kappa shape index (κ1) is 33.7. The quantitative estimate of drug-likeness (QED) is 0.398. The lowest BCUT2D eigenvalue weighted by Crippen LogP contribution is -2.61. The van der Waals surface area contributed by atoms with Gasteiger partial charge in [0, 0.05) is 25.6 Å². The number of benzene rings is 2. The van der Waals surface area contributed by atoms with Crippen molar-refractivity contribution >= 4 is 29.7 Å². The molecule has 0 unspecified atom stereocenters. The lowest BCUT2D eigenvalue weighted by atomic mass is 9.95. The van der Waals surface area contributed by atoms with Crippen LogP contribution < -0.4 is 20.7 Å². The monoisotopic (exact) mass is 617 g/mol. The molecule has 2 aromatic carbocycles. The van der Waals surface area contributed by atoms with Crippen LogP contribution in [-0.4, -0.2) is 84.3 Å². The first-order chi connectivity index (χ1) is 21.5. The zero-order chi connectivity index (χ0) is 32.7. The summed E-state index contributed by atoms with van der Waals surface area (Å²) in [5.41, 5.74) is 1.75. The molecule has 5 rings (SSSR count). The van der Waals surface area contributed by atoms with Crippen LogP contribution >= 0.6 is 0 Å². The highest BCUT2D eigenvalue weighted by Crippen LogP contribution is 2.27. The Morgan fingerprint density at radius 2 is 1.71 bits per heavy atom. The van der Waals surface area contributed by atoms with Gasteiger partial charge in [-0.15, -0.1) is 0 Å². The molecule has 0 spiro atoms. The number of likely N-dealkylation sites (tertiary alicyclic amines) is 1. The fourth-order valence-electron chi connectivity index (χ4n) is 6.07. The first-order valence-corrected chi connectivity index (χ1v) is 15.8. The number of hydrogen-bond donors (Lipinski definition) is 3. The third kappa shape index (κ3) is 8.30. The number of ether oxygens (including phenoxy) is 1. The summed E-state index contributed by atoms with van der Waals surface area (Å²) in [6, 6.07) is 13.6. The minimum Gasteiger partial charge on any atom is -0.488 e. The molecule has 0 aromatic heterocycles. The summed E-state index contributed by atoms with van der Waals surface area (Å²) in [4.78, 5) is 58.7. The lowest BCUT2D eigenvalue weighted by Gasteiger charge is -2.35. The van der Waals surface area contributed by atoms with Crippen molar-refractivity contribution in [2.75, 3.05) is 20.6 Å². The van der Waals surface area contributed by atoms with Gasteiger partial charge in [-0.1, -0.05) is 76.6 Å². The highest BCUT2D eigenvalue weighted by atomic mass is 16.5. The van der Waals surface area contributed by atoms with Gasteiger partial charge >= 0.3 is 0 Å². The molecule has 3 heterocycles. The van der Waals surface area contributed by atoms with Crippen LogP contribution in [0.1, 0.15) is 51.7 Å². The maximum absolute atomic E-state index is 14.3. The summed E-state index contributed by atoms with van der Waals surface area (Å²) in [7, 11) is 3.71. The number of likely N-dealkylation sites (N-methyl/N-ethyl adjacent to an activating group) is 1. The second-order valence-electron chi connectivity index (χ2n) is 12.6. The van der Waals surface area contributed by atoms with Crippen LogP contribution in [0, 0.1) is 11.8 Å². The molecule has 0 aliphatic carbocycles. The van der Waals surface area contributed by atoms with Crippen molar-refractivity contribution in [3.63, 3.8) is 0 Å². The summed E-state index contributed by atoms with van der Waals surface area (Å²) in [5, 5.41) is 8.74. The summed E-state index contributed by atoms with van der Waals surface area (Å²) >= 11 is 0. The van der Waals surface area contributed by atoms with Crippen molar-refractivity contribution in [2.24, 2.45) is 11.8 Å². The normalized spacial score (nSPS) is 22.8. The van der Waals surface area contributed by atoms with Crippen LogP contribution in [0.4, 0.5) is 0 Å². The molecule has 1 saturated heterocycles. The Labute approximate surface area is 266 Å². The van der Waals surface area contributed by atoms with Gasteiger partial charge in [0.25, 0.3) is 0 Å². The average molecular weight is 618 g/mol. The minimum atomic E-state index is -1.01. The van der Waals surface area contributed by atoms with E-state index in [1.807, 2.05) is 89.2 Å². The molecule has 3 aliphatic heterocycles. The predicted molar refractivity (Wildman–Crippen MR) is 174 cm³/mol. The zero-order valence-electron chi connectivity index (χ0n) is 27.2. The maximum Gasteiger partial charge on any atom is 0.247 e. The van der Waals surface area contributed by atoms with E-state index in [0.29, 0.717) is 12.2 Å². The fourth-order valence-corrected chi connectivity index (χ4v) is 6.07. The van der Waals surface area contributed by atoms with Gasteiger partial charge in [-0.25, -0.2) is 0 Å². The topological polar surface area (TPSA) is 120 Å². The second kappa shape index (κ2) is 15.2. The SMILES string of the molecule is CC[C@H](C)[C@@H](C(=O)N[C@H](C(=O)N1CC[C@@H]2Oc3ccc(cc3)/C=C\NC(=O)[C@H](Cc3ccccc3)NC(=O)[C@H]21)C(C)C)N(C)C. The van der Waals surface area contributed by atoms with Crippen LogP contribution in [0.15, 0.2) is 60.8 Å². The molecule has 0 radical (unpaired) electrons. The summed E-state index contributed by atoms with van der Waals surface area (Å²) in [5.74, 6) is -1.03. The number of carbonyl (C=O) groups is 4. The Morgan fingerprint density at radius 3 is 2.33 bits per heavy atom. The van der Waals surface area contributed by atoms with E-state index in [0.717, 1.165) is 17.5 Å². The van der Waals surface area contributed by atoms with Gasteiger partial charge in [0.05, 0.1) is 6.04 Å². The van der Waals surface area contributed by atoms with Crippen LogP contribution in [0.5, 0.6) is 5.75 Å². The second-order valence-corrected chi connectivity index (χ2v) is 12.6. The smallest absolute Gasteiger partial charge is 0.247 e. The molecule has 242 valence electrons. The number of fused-ring (bicyclic) bond motifs is 7. The Bertz CT molecular complexity index is 1360. The van der Waals surface area contributed by atoms with E-state index in [4.69, 9.17) is 4.74 Å². The molecule has 6 atom stereocenters. The molecule has 4 amide bonds. The zero-order valence-corrected chi connectivity index (χ0v) is 27.2. The largest absolute Gasteiger partial charge is 0.488 e. The molecule has 2 bridgehead atoms. The van der Waals surface area contributed by atoms with Crippen LogP contribution in [-0.2, 0) is 25.6 Å². The molecular formula is C35H47N5O5. The molecule has 10 nitrogen and oxygen atoms in total. The van der Waals surface area contributed by atoms with Crippen molar-refractivity contribution in [2.45, 2.75) is 77.2 Å². The van der Waals surface area contributed by atoms with Gasteiger partial charge in [-0.2, -0.15) is 0 Å².